The number of carbonyl (C=O) groups is 1. The van der Waals surface area contributed by atoms with Crippen molar-refractivity contribution in [2.24, 2.45) is 0 Å². The molecule has 0 aromatic heterocycles. The minimum atomic E-state index is 0.583. The minimum Gasteiger partial charge on any atom is -0.493 e. The molecule has 0 aliphatic carbocycles. The summed E-state index contributed by atoms with van der Waals surface area (Å²) in [7, 11) is 1.56. The van der Waals surface area contributed by atoms with Crippen LogP contribution in [-0.2, 0) is 0 Å². The Bertz CT molecular complexity index is 383. The zero-order chi connectivity index (χ0) is 12.5. The van der Waals surface area contributed by atoms with Crippen molar-refractivity contribution >= 4 is 6.29 Å². The second-order valence-electron chi connectivity index (χ2n) is 3.54. The first kappa shape index (κ1) is 13.3. The highest BCUT2D eigenvalue weighted by atomic mass is 16.5. The predicted octanol–water partition coefficient (Wildman–Crippen LogP) is 3.24. The summed E-state index contributed by atoms with van der Waals surface area (Å²) in [5.74, 6) is 1.26. The maximum atomic E-state index is 10.6. The van der Waals surface area contributed by atoms with Crippen molar-refractivity contribution in [1.29, 1.82) is 0 Å². The summed E-state index contributed by atoms with van der Waals surface area (Å²) >= 11 is 0. The fraction of sp³-hybridized carbons (Fsp3) is 0.357. The zero-order valence-corrected chi connectivity index (χ0v) is 10.3. The number of hydrogen-bond donors (Lipinski definition) is 0. The van der Waals surface area contributed by atoms with E-state index in [9.17, 15) is 4.79 Å². The monoisotopic (exact) mass is 234 g/mol. The number of rotatable bonds is 7. The number of carbonyl (C=O) groups excluding carboxylic acids is 1. The maximum absolute atomic E-state index is 10.6. The molecule has 1 rings (SSSR count). The Hall–Kier alpha value is -1.77. The summed E-state index contributed by atoms with van der Waals surface area (Å²) in [6.07, 6.45) is 6.89. The van der Waals surface area contributed by atoms with Gasteiger partial charge in [-0.15, -0.1) is 0 Å². The molecule has 0 unspecified atom stereocenters. The SMILES string of the molecule is CC/C=C\CCOc1ccc(C=O)cc1OC. The molecule has 0 aliphatic rings. The van der Waals surface area contributed by atoms with E-state index in [4.69, 9.17) is 9.47 Å². The summed E-state index contributed by atoms with van der Waals surface area (Å²) in [5.41, 5.74) is 0.583. The van der Waals surface area contributed by atoms with Crippen LogP contribution in [0.1, 0.15) is 30.1 Å². The highest BCUT2D eigenvalue weighted by molar-refractivity contribution is 5.76. The fourth-order valence-corrected chi connectivity index (χ4v) is 1.40. The third kappa shape index (κ3) is 4.31. The number of aldehydes is 1. The highest BCUT2D eigenvalue weighted by Crippen LogP contribution is 2.27. The Labute approximate surface area is 102 Å². The Morgan fingerprint density at radius 2 is 2.06 bits per heavy atom. The summed E-state index contributed by atoms with van der Waals surface area (Å²) in [4.78, 5) is 10.6. The lowest BCUT2D eigenvalue weighted by Gasteiger charge is -2.10. The van der Waals surface area contributed by atoms with Crippen LogP contribution < -0.4 is 9.47 Å². The lowest BCUT2D eigenvalue weighted by atomic mass is 10.2. The molecule has 1 aromatic rings. The second-order valence-corrected chi connectivity index (χ2v) is 3.54. The van der Waals surface area contributed by atoms with E-state index in [1.54, 1.807) is 25.3 Å². The number of ether oxygens (including phenoxy) is 2. The topological polar surface area (TPSA) is 35.5 Å². The molecule has 0 amide bonds. The molecule has 0 aliphatic heterocycles. The van der Waals surface area contributed by atoms with Gasteiger partial charge in [-0.25, -0.2) is 0 Å². The first-order chi connectivity index (χ1) is 8.31. The molecule has 0 saturated heterocycles. The molecule has 0 atom stereocenters. The normalized spacial score (nSPS) is 10.5. The van der Waals surface area contributed by atoms with E-state index in [1.165, 1.54) is 0 Å². The van der Waals surface area contributed by atoms with E-state index < -0.39 is 0 Å². The largest absolute Gasteiger partial charge is 0.493 e. The quantitative estimate of drug-likeness (QED) is 0.413. The van der Waals surface area contributed by atoms with Crippen LogP contribution in [-0.4, -0.2) is 20.0 Å². The Balaban J connectivity index is 2.58. The van der Waals surface area contributed by atoms with Crippen molar-refractivity contribution in [3.05, 3.63) is 35.9 Å². The van der Waals surface area contributed by atoms with Gasteiger partial charge in [-0.3, -0.25) is 4.79 Å². The average molecular weight is 234 g/mol. The summed E-state index contributed by atoms with van der Waals surface area (Å²) < 4.78 is 10.7. The Kier molecular flexibility index (Phi) is 5.86. The molecule has 0 saturated carbocycles. The van der Waals surface area contributed by atoms with Gasteiger partial charge in [0.05, 0.1) is 13.7 Å². The molecule has 0 heterocycles. The van der Waals surface area contributed by atoms with Gasteiger partial charge in [0.15, 0.2) is 11.5 Å². The van der Waals surface area contributed by atoms with Crippen molar-refractivity contribution in [3.8, 4) is 11.5 Å². The lowest BCUT2D eigenvalue weighted by Crippen LogP contribution is -1.98. The van der Waals surface area contributed by atoms with Gasteiger partial charge < -0.3 is 9.47 Å². The van der Waals surface area contributed by atoms with E-state index in [0.29, 0.717) is 23.7 Å². The smallest absolute Gasteiger partial charge is 0.161 e. The number of hydrogen-bond acceptors (Lipinski definition) is 3. The third-order valence-electron chi connectivity index (χ3n) is 2.27. The molecule has 0 bridgehead atoms. The standard InChI is InChI=1S/C14H18O3/c1-3-4-5-6-9-17-13-8-7-12(11-15)10-14(13)16-2/h4-5,7-8,10-11H,3,6,9H2,1-2H3/b5-4-. The van der Waals surface area contributed by atoms with Crippen molar-refractivity contribution in [1.82, 2.24) is 0 Å². The highest BCUT2D eigenvalue weighted by Gasteiger charge is 2.04. The number of methoxy groups -OCH3 is 1. The van der Waals surface area contributed by atoms with E-state index in [1.807, 2.05) is 0 Å². The molecule has 0 fully saturated rings. The van der Waals surface area contributed by atoms with Crippen LogP contribution in [0.25, 0.3) is 0 Å². The number of benzene rings is 1. The first-order valence-corrected chi connectivity index (χ1v) is 5.72. The predicted molar refractivity (Wildman–Crippen MR) is 67.9 cm³/mol. The van der Waals surface area contributed by atoms with Crippen molar-refractivity contribution < 1.29 is 14.3 Å². The summed E-state index contributed by atoms with van der Waals surface area (Å²) in [6.45, 7) is 2.70. The third-order valence-corrected chi connectivity index (χ3v) is 2.27. The van der Waals surface area contributed by atoms with Crippen LogP contribution in [0.15, 0.2) is 30.4 Å². The van der Waals surface area contributed by atoms with Crippen LogP contribution >= 0.6 is 0 Å². The molecule has 1 aromatic carbocycles. The molecule has 92 valence electrons. The molecule has 3 nitrogen and oxygen atoms in total. The summed E-state index contributed by atoms with van der Waals surface area (Å²) in [5, 5.41) is 0. The first-order valence-electron chi connectivity index (χ1n) is 5.72. The van der Waals surface area contributed by atoms with Gasteiger partial charge in [-0.2, -0.15) is 0 Å². The van der Waals surface area contributed by atoms with Gasteiger partial charge >= 0.3 is 0 Å². The van der Waals surface area contributed by atoms with Crippen molar-refractivity contribution in [2.45, 2.75) is 19.8 Å². The van der Waals surface area contributed by atoms with Crippen molar-refractivity contribution in [3.63, 3.8) is 0 Å². The van der Waals surface area contributed by atoms with Gasteiger partial charge in [-0.05, 0) is 31.0 Å². The summed E-state index contributed by atoms with van der Waals surface area (Å²) in [6, 6.07) is 5.14. The molecular weight excluding hydrogens is 216 g/mol. The van der Waals surface area contributed by atoms with E-state index in [0.717, 1.165) is 19.1 Å². The van der Waals surface area contributed by atoms with Crippen LogP contribution in [0.2, 0.25) is 0 Å². The van der Waals surface area contributed by atoms with Crippen LogP contribution in [0.3, 0.4) is 0 Å². The van der Waals surface area contributed by atoms with E-state index in [2.05, 4.69) is 19.1 Å². The minimum absolute atomic E-state index is 0.583. The Morgan fingerprint density at radius 1 is 1.24 bits per heavy atom. The van der Waals surface area contributed by atoms with E-state index in [-0.39, 0.29) is 0 Å². The Morgan fingerprint density at radius 3 is 2.71 bits per heavy atom. The molecule has 0 spiro atoms. The molecule has 0 radical (unpaired) electrons. The van der Waals surface area contributed by atoms with Gasteiger partial charge in [0.25, 0.3) is 0 Å². The van der Waals surface area contributed by atoms with Gasteiger partial charge in [-0.1, -0.05) is 19.1 Å². The lowest BCUT2D eigenvalue weighted by molar-refractivity contribution is 0.112. The fourth-order valence-electron chi connectivity index (χ4n) is 1.40. The van der Waals surface area contributed by atoms with Crippen LogP contribution in [0.5, 0.6) is 11.5 Å². The van der Waals surface area contributed by atoms with Crippen molar-refractivity contribution in [2.75, 3.05) is 13.7 Å². The van der Waals surface area contributed by atoms with Gasteiger partial charge in [0.2, 0.25) is 0 Å². The zero-order valence-electron chi connectivity index (χ0n) is 10.3. The van der Waals surface area contributed by atoms with Crippen LogP contribution in [0.4, 0.5) is 0 Å². The molecule has 0 N–H and O–H groups in total. The number of allylic oxidation sites excluding steroid dienone is 1. The van der Waals surface area contributed by atoms with Crippen LogP contribution in [0, 0.1) is 0 Å². The van der Waals surface area contributed by atoms with Gasteiger partial charge in [0.1, 0.15) is 6.29 Å². The molecular formula is C14H18O3. The average Bonchev–Trinajstić information content (AvgIpc) is 2.38. The maximum Gasteiger partial charge on any atom is 0.161 e. The van der Waals surface area contributed by atoms with E-state index >= 15 is 0 Å². The second kappa shape index (κ2) is 7.49. The molecule has 3 heteroatoms. The molecule has 17 heavy (non-hydrogen) atoms. The van der Waals surface area contributed by atoms with Gasteiger partial charge in [0, 0.05) is 5.56 Å².